The largest absolute Gasteiger partial charge is 0.224 e. The Morgan fingerprint density at radius 3 is 2.36 bits per heavy atom. The summed E-state index contributed by atoms with van der Waals surface area (Å²) in [5.74, 6) is 0. The van der Waals surface area contributed by atoms with E-state index in [1.807, 2.05) is 0 Å². The van der Waals surface area contributed by atoms with Crippen LogP contribution in [0.3, 0.4) is 0 Å². The average molecular weight is 268 g/mol. The first-order valence-electron chi connectivity index (χ1n) is 3.56. The average Bonchev–Trinajstić information content (AvgIpc) is 1.99. The van der Waals surface area contributed by atoms with Gasteiger partial charge >= 0.3 is 0 Å². The van der Waals surface area contributed by atoms with Gasteiger partial charge in [0.2, 0.25) is 5.28 Å². The van der Waals surface area contributed by atoms with Crippen LogP contribution in [-0.2, 0) is 0 Å². The molecule has 0 N–H and O–H groups in total. The molecule has 1 heterocycles. The monoisotopic (exact) mass is 266 g/mol. The van der Waals surface area contributed by atoms with Gasteiger partial charge in [-0.25, -0.2) is 9.97 Å². The Balaban J connectivity index is 2.94. The van der Waals surface area contributed by atoms with E-state index in [0.717, 1.165) is 0 Å². The summed E-state index contributed by atoms with van der Waals surface area (Å²) in [5, 5.41) is 1.74. The van der Waals surface area contributed by atoms with Gasteiger partial charge in [-0.05, 0) is 23.7 Å². The summed E-state index contributed by atoms with van der Waals surface area (Å²) in [6.07, 6.45) is 0. The molecule has 2 rings (SSSR count). The molecule has 0 saturated carbocycles. The van der Waals surface area contributed by atoms with Crippen LogP contribution in [0.2, 0.25) is 20.5 Å². The lowest BCUT2D eigenvalue weighted by molar-refractivity contribution is 1.22. The molecule has 0 spiro atoms. The number of hydrogen-bond donors (Lipinski definition) is 0. The number of aromatic nitrogens is 2. The zero-order chi connectivity index (χ0) is 10.3. The fourth-order valence-electron chi connectivity index (χ4n) is 1.11. The van der Waals surface area contributed by atoms with Crippen molar-refractivity contribution in [3.63, 3.8) is 0 Å². The smallest absolute Gasteiger partial charge is 0.218 e. The maximum Gasteiger partial charge on any atom is 0.224 e. The fourth-order valence-corrected chi connectivity index (χ4v) is 2.23. The van der Waals surface area contributed by atoms with Crippen LogP contribution in [0.5, 0.6) is 0 Å². The third-order valence-electron chi connectivity index (χ3n) is 1.64. The standard InChI is InChI=1S/C8H2Cl4N2/c9-3-1-4(10)6-5(2-3)13-8(12)14-7(6)11/h1-2H. The van der Waals surface area contributed by atoms with Gasteiger partial charge in [-0.15, -0.1) is 0 Å². The van der Waals surface area contributed by atoms with E-state index in [0.29, 0.717) is 20.9 Å². The van der Waals surface area contributed by atoms with Crippen LogP contribution in [0.25, 0.3) is 10.9 Å². The van der Waals surface area contributed by atoms with Gasteiger partial charge in [-0.2, -0.15) is 0 Å². The van der Waals surface area contributed by atoms with Gasteiger partial charge in [0, 0.05) is 5.02 Å². The summed E-state index contributed by atoms with van der Waals surface area (Å²) in [5.41, 5.74) is 0.535. The second-order valence-electron chi connectivity index (χ2n) is 2.57. The van der Waals surface area contributed by atoms with Crippen LogP contribution in [0, 0.1) is 0 Å². The first kappa shape index (κ1) is 10.2. The maximum absolute atomic E-state index is 5.93. The molecule has 0 saturated heterocycles. The van der Waals surface area contributed by atoms with Crippen molar-refractivity contribution in [2.24, 2.45) is 0 Å². The Hall–Kier alpha value is -0.280. The number of halogens is 4. The first-order chi connectivity index (χ1) is 6.58. The molecule has 1 aromatic carbocycles. The number of fused-ring (bicyclic) bond motifs is 1. The quantitative estimate of drug-likeness (QED) is 0.527. The number of benzene rings is 1. The molecule has 0 bridgehead atoms. The number of hydrogen-bond acceptors (Lipinski definition) is 2. The molecule has 0 aliphatic carbocycles. The Morgan fingerprint density at radius 2 is 1.64 bits per heavy atom. The Labute approximate surface area is 99.8 Å². The molecule has 14 heavy (non-hydrogen) atoms. The van der Waals surface area contributed by atoms with Gasteiger partial charge in [0.15, 0.2) is 0 Å². The highest BCUT2D eigenvalue weighted by Crippen LogP contribution is 2.31. The maximum atomic E-state index is 5.93. The third kappa shape index (κ3) is 1.75. The summed E-state index contributed by atoms with van der Waals surface area (Å²) in [4.78, 5) is 7.74. The molecule has 0 amide bonds. The lowest BCUT2D eigenvalue weighted by Gasteiger charge is -2.02. The van der Waals surface area contributed by atoms with Gasteiger partial charge in [-0.1, -0.05) is 34.8 Å². The van der Waals surface area contributed by atoms with Crippen molar-refractivity contribution in [2.45, 2.75) is 0 Å². The van der Waals surface area contributed by atoms with Crippen LogP contribution in [0.4, 0.5) is 0 Å². The minimum atomic E-state index is 0.0702. The molecule has 6 heteroatoms. The summed E-state index contributed by atoms with van der Waals surface area (Å²) >= 11 is 23.2. The van der Waals surface area contributed by atoms with Crippen LogP contribution in [0.1, 0.15) is 0 Å². The molecule has 0 unspecified atom stereocenters. The molecule has 1 aromatic heterocycles. The van der Waals surface area contributed by atoms with Crippen molar-refractivity contribution in [1.82, 2.24) is 9.97 Å². The molecule has 0 radical (unpaired) electrons. The van der Waals surface area contributed by atoms with Crippen molar-refractivity contribution >= 4 is 57.3 Å². The van der Waals surface area contributed by atoms with Crippen LogP contribution >= 0.6 is 46.4 Å². The van der Waals surface area contributed by atoms with Crippen molar-refractivity contribution in [3.05, 3.63) is 32.6 Å². The normalized spacial score (nSPS) is 10.9. The molecule has 2 aromatic rings. The van der Waals surface area contributed by atoms with Gasteiger partial charge in [0.05, 0.1) is 15.9 Å². The van der Waals surface area contributed by atoms with Crippen molar-refractivity contribution in [1.29, 1.82) is 0 Å². The van der Waals surface area contributed by atoms with E-state index >= 15 is 0 Å². The van der Waals surface area contributed by atoms with Gasteiger partial charge < -0.3 is 0 Å². The van der Waals surface area contributed by atoms with Crippen molar-refractivity contribution in [3.8, 4) is 0 Å². The summed E-state index contributed by atoms with van der Waals surface area (Å²) in [7, 11) is 0. The zero-order valence-corrected chi connectivity index (χ0v) is 9.58. The molecule has 0 aliphatic heterocycles. The topological polar surface area (TPSA) is 25.8 Å². The molecule has 0 aliphatic rings. The fraction of sp³-hybridized carbons (Fsp3) is 0. The number of nitrogens with zero attached hydrogens (tertiary/aromatic N) is 2. The van der Waals surface area contributed by atoms with E-state index in [9.17, 15) is 0 Å². The van der Waals surface area contributed by atoms with Crippen molar-refractivity contribution in [2.75, 3.05) is 0 Å². The minimum absolute atomic E-state index is 0.0702. The minimum Gasteiger partial charge on any atom is -0.218 e. The van der Waals surface area contributed by atoms with Gasteiger partial charge in [0.25, 0.3) is 0 Å². The highest BCUT2D eigenvalue weighted by Gasteiger charge is 2.09. The van der Waals surface area contributed by atoms with Gasteiger partial charge in [-0.3, -0.25) is 0 Å². The zero-order valence-electron chi connectivity index (χ0n) is 6.56. The predicted octanol–water partition coefficient (Wildman–Crippen LogP) is 4.24. The van der Waals surface area contributed by atoms with E-state index < -0.39 is 0 Å². The number of rotatable bonds is 0. The molecular formula is C8H2Cl4N2. The first-order valence-corrected chi connectivity index (χ1v) is 5.07. The highest BCUT2D eigenvalue weighted by atomic mass is 35.5. The Bertz CT molecular complexity index is 469. The van der Waals surface area contributed by atoms with Crippen molar-refractivity contribution < 1.29 is 0 Å². The Morgan fingerprint density at radius 1 is 0.929 bits per heavy atom. The summed E-state index contributed by atoms with van der Waals surface area (Å²) in [6.45, 7) is 0. The Kier molecular flexibility index (Phi) is 2.71. The summed E-state index contributed by atoms with van der Waals surface area (Å²) < 4.78 is 0. The second kappa shape index (κ2) is 3.70. The summed E-state index contributed by atoms with van der Waals surface area (Å²) in [6, 6.07) is 3.21. The SMILES string of the molecule is Clc1cc(Cl)c2c(Cl)nc(Cl)nc2c1. The molecule has 72 valence electrons. The van der Waals surface area contributed by atoms with Crippen LogP contribution < -0.4 is 0 Å². The third-order valence-corrected chi connectivity index (χ3v) is 2.60. The molecule has 2 nitrogen and oxygen atoms in total. The lowest BCUT2D eigenvalue weighted by Crippen LogP contribution is -1.87. The van der Waals surface area contributed by atoms with E-state index in [4.69, 9.17) is 46.4 Å². The molecular weight excluding hydrogens is 266 g/mol. The lowest BCUT2D eigenvalue weighted by atomic mass is 10.2. The van der Waals surface area contributed by atoms with Crippen LogP contribution in [-0.4, -0.2) is 9.97 Å². The second-order valence-corrected chi connectivity index (χ2v) is 4.10. The van der Waals surface area contributed by atoms with E-state index in [2.05, 4.69) is 9.97 Å². The van der Waals surface area contributed by atoms with E-state index in [1.54, 1.807) is 12.1 Å². The molecule has 0 atom stereocenters. The highest BCUT2D eigenvalue weighted by molar-refractivity contribution is 6.43. The van der Waals surface area contributed by atoms with E-state index in [1.165, 1.54) is 0 Å². The van der Waals surface area contributed by atoms with Crippen LogP contribution in [0.15, 0.2) is 12.1 Å². The van der Waals surface area contributed by atoms with E-state index in [-0.39, 0.29) is 10.4 Å². The van der Waals surface area contributed by atoms with Gasteiger partial charge in [0.1, 0.15) is 5.15 Å². The molecule has 0 fully saturated rings. The predicted molar refractivity (Wildman–Crippen MR) is 59.6 cm³/mol.